The molecule has 0 radical (unpaired) electrons. The molecule has 1 unspecified atom stereocenters. The first-order valence-corrected chi connectivity index (χ1v) is 5.05. The number of hydrogen-bond donors (Lipinski definition) is 2. The number of aliphatic hydroxyl groups excluding tert-OH is 2. The lowest BCUT2D eigenvalue weighted by molar-refractivity contribution is -0.0302. The van der Waals surface area contributed by atoms with Crippen LogP contribution in [0.15, 0.2) is 11.6 Å². The zero-order chi connectivity index (χ0) is 11.1. The quantitative estimate of drug-likeness (QED) is 0.639. The van der Waals surface area contributed by atoms with Gasteiger partial charge in [-0.2, -0.15) is 0 Å². The molecule has 84 valence electrons. The van der Waals surface area contributed by atoms with Crippen molar-refractivity contribution >= 4 is 0 Å². The highest BCUT2D eigenvalue weighted by atomic mass is 16.5. The maximum Gasteiger partial charge on any atom is 0.0861 e. The van der Waals surface area contributed by atoms with Crippen molar-refractivity contribution in [2.24, 2.45) is 5.92 Å². The van der Waals surface area contributed by atoms with E-state index in [1.807, 2.05) is 26.8 Å². The van der Waals surface area contributed by atoms with Crippen LogP contribution in [0.25, 0.3) is 0 Å². The summed E-state index contributed by atoms with van der Waals surface area (Å²) in [7, 11) is 1.60. The van der Waals surface area contributed by atoms with Crippen LogP contribution in [0, 0.1) is 5.92 Å². The summed E-state index contributed by atoms with van der Waals surface area (Å²) < 4.78 is 5.16. The van der Waals surface area contributed by atoms with Gasteiger partial charge in [0.25, 0.3) is 0 Å². The summed E-state index contributed by atoms with van der Waals surface area (Å²) >= 11 is 0. The fourth-order valence-corrected chi connectivity index (χ4v) is 1.49. The Morgan fingerprint density at radius 3 is 2.43 bits per heavy atom. The van der Waals surface area contributed by atoms with Crippen molar-refractivity contribution in [3.05, 3.63) is 11.6 Å². The molecule has 0 fully saturated rings. The summed E-state index contributed by atoms with van der Waals surface area (Å²) in [4.78, 5) is 0. The normalized spacial score (nSPS) is 19.1. The molecule has 0 amide bonds. The molecule has 3 heteroatoms. The van der Waals surface area contributed by atoms with Crippen molar-refractivity contribution in [1.82, 2.24) is 0 Å². The van der Waals surface area contributed by atoms with E-state index in [2.05, 4.69) is 0 Å². The molecule has 0 aliphatic carbocycles. The molecule has 0 aromatic rings. The highest BCUT2D eigenvalue weighted by Gasteiger charge is 2.21. The first kappa shape index (κ1) is 13.6. The summed E-state index contributed by atoms with van der Waals surface area (Å²) in [6, 6.07) is 0. The van der Waals surface area contributed by atoms with E-state index in [0.717, 1.165) is 12.0 Å². The van der Waals surface area contributed by atoms with Gasteiger partial charge in [0.1, 0.15) is 0 Å². The molecule has 0 spiro atoms. The Morgan fingerprint density at radius 1 is 1.50 bits per heavy atom. The third-order valence-electron chi connectivity index (χ3n) is 2.42. The van der Waals surface area contributed by atoms with E-state index >= 15 is 0 Å². The molecule has 0 rings (SSSR count). The number of aliphatic hydroxyl groups is 2. The predicted octanol–water partition coefficient (Wildman–Crippen LogP) is 1.35. The maximum atomic E-state index is 9.87. The fraction of sp³-hybridized carbons (Fsp3) is 0.818. The Balaban J connectivity index is 4.29. The van der Waals surface area contributed by atoms with Crippen LogP contribution < -0.4 is 0 Å². The van der Waals surface area contributed by atoms with Crippen LogP contribution in [0.1, 0.15) is 27.2 Å². The van der Waals surface area contributed by atoms with Gasteiger partial charge in [-0.3, -0.25) is 0 Å². The van der Waals surface area contributed by atoms with Crippen LogP contribution in [-0.4, -0.2) is 36.1 Å². The lowest BCUT2D eigenvalue weighted by Crippen LogP contribution is -2.32. The van der Waals surface area contributed by atoms with Gasteiger partial charge < -0.3 is 14.9 Å². The summed E-state index contributed by atoms with van der Waals surface area (Å²) in [6.07, 6.45) is 2.03. The second-order valence-corrected chi connectivity index (χ2v) is 3.70. The van der Waals surface area contributed by atoms with E-state index in [1.165, 1.54) is 0 Å². The maximum absolute atomic E-state index is 9.87. The Labute approximate surface area is 86.4 Å². The van der Waals surface area contributed by atoms with Gasteiger partial charge in [-0.1, -0.05) is 25.5 Å². The van der Waals surface area contributed by atoms with Crippen LogP contribution in [-0.2, 0) is 4.74 Å². The SMILES string of the molecule is CC[C@H](OC)[C@@H](O)C(C)/C=C(/C)CO. The van der Waals surface area contributed by atoms with Gasteiger partial charge in [0.2, 0.25) is 0 Å². The lowest BCUT2D eigenvalue weighted by atomic mass is 9.96. The molecule has 2 N–H and O–H groups in total. The Kier molecular flexibility index (Phi) is 6.79. The molecule has 0 aliphatic heterocycles. The van der Waals surface area contributed by atoms with Gasteiger partial charge in [-0.25, -0.2) is 0 Å². The molecular formula is C11H22O3. The first-order valence-electron chi connectivity index (χ1n) is 5.05. The monoisotopic (exact) mass is 202 g/mol. The summed E-state index contributed by atoms with van der Waals surface area (Å²) in [5.74, 6) is 0.00653. The molecule has 0 saturated carbocycles. The van der Waals surface area contributed by atoms with Gasteiger partial charge in [-0.15, -0.1) is 0 Å². The number of rotatable bonds is 6. The van der Waals surface area contributed by atoms with E-state index in [4.69, 9.17) is 9.84 Å². The van der Waals surface area contributed by atoms with Gasteiger partial charge in [0.15, 0.2) is 0 Å². The van der Waals surface area contributed by atoms with Crippen molar-refractivity contribution in [2.45, 2.75) is 39.4 Å². The minimum atomic E-state index is -0.508. The van der Waals surface area contributed by atoms with Gasteiger partial charge in [0, 0.05) is 13.0 Å². The Morgan fingerprint density at radius 2 is 2.07 bits per heavy atom. The second-order valence-electron chi connectivity index (χ2n) is 3.70. The fourth-order valence-electron chi connectivity index (χ4n) is 1.49. The molecule has 14 heavy (non-hydrogen) atoms. The molecule has 3 atom stereocenters. The summed E-state index contributed by atoms with van der Waals surface area (Å²) in [5.41, 5.74) is 0.877. The van der Waals surface area contributed by atoms with Crippen LogP contribution >= 0.6 is 0 Å². The highest BCUT2D eigenvalue weighted by molar-refractivity contribution is 5.02. The van der Waals surface area contributed by atoms with Crippen LogP contribution in [0.2, 0.25) is 0 Å². The minimum Gasteiger partial charge on any atom is -0.392 e. The second kappa shape index (κ2) is 6.98. The zero-order valence-electron chi connectivity index (χ0n) is 9.53. The molecule has 0 aromatic carbocycles. The number of methoxy groups -OCH3 is 1. The van der Waals surface area contributed by atoms with Crippen molar-refractivity contribution in [3.63, 3.8) is 0 Å². The van der Waals surface area contributed by atoms with Crippen molar-refractivity contribution in [3.8, 4) is 0 Å². The van der Waals surface area contributed by atoms with Crippen LogP contribution in [0.4, 0.5) is 0 Å². The third-order valence-corrected chi connectivity index (χ3v) is 2.42. The van der Waals surface area contributed by atoms with Crippen molar-refractivity contribution in [1.29, 1.82) is 0 Å². The first-order chi connectivity index (χ1) is 6.56. The molecule has 0 aliphatic rings. The van der Waals surface area contributed by atoms with E-state index in [-0.39, 0.29) is 18.6 Å². The molecule has 0 saturated heterocycles. The average molecular weight is 202 g/mol. The topological polar surface area (TPSA) is 49.7 Å². The predicted molar refractivity (Wildman–Crippen MR) is 57.1 cm³/mol. The molecule has 0 heterocycles. The summed E-state index contributed by atoms with van der Waals surface area (Å²) in [5, 5.41) is 18.7. The highest BCUT2D eigenvalue weighted by Crippen LogP contribution is 2.15. The zero-order valence-corrected chi connectivity index (χ0v) is 9.53. The van der Waals surface area contributed by atoms with E-state index in [0.29, 0.717) is 0 Å². The Hall–Kier alpha value is -0.380. The Bertz CT molecular complexity index is 173. The smallest absolute Gasteiger partial charge is 0.0861 e. The average Bonchev–Trinajstić information content (AvgIpc) is 2.19. The van der Waals surface area contributed by atoms with Crippen molar-refractivity contribution < 1.29 is 14.9 Å². The van der Waals surface area contributed by atoms with E-state index < -0.39 is 6.10 Å². The number of ether oxygens (including phenoxy) is 1. The molecule has 3 nitrogen and oxygen atoms in total. The van der Waals surface area contributed by atoms with Crippen LogP contribution in [0.5, 0.6) is 0 Å². The van der Waals surface area contributed by atoms with Crippen LogP contribution in [0.3, 0.4) is 0 Å². The van der Waals surface area contributed by atoms with Gasteiger partial charge >= 0.3 is 0 Å². The molecular weight excluding hydrogens is 180 g/mol. The number of hydrogen-bond acceptors (Lipinski definition) is 3. The molecule has 0 aromatic heterocycles. The molecule has 0 bridgehead atoms. The third kappa shape index (κ3) is 4.22. The van der Waals surface area contributed by atoms with E-state index in [1.54, 1.807) is 7.11 Å². The lowest BCUT2D eigenvalue weighted by Gasteiger charge is -2.24. The largest absolute Gasteiger partial charge is 0.392 e. The van der Waals surface area contributed by atoms with Gasteiger partial charge in [-0.05, 0) is 13.3 Å². The minimum absolute atomic E-state index is 0.00653. The van der Waals surface area contributed by atoms with E-state index in [9.17, 15) is 5.11 Å². The van der Waals surface area contributed by atoms with Crippen molar-refractivity contribution in [2.75, 3.05) is 13.7 Å². The summed E-state index contributed by atoms with van der Waals surface area (Å²) in [6.45, 7) is 5.79. The standard InChI is InChI=1S/C11H22O3/c1-5-10(14-4)11(13)9(3)6-8(2)7-12/h6,9-13H,5,7H2,1-4H3/b8-6-/t9?,10-,11-/m0/s1. The van der Waals surface area contributed by atoms with Gasteiger partial charge in [0.05, 0.1) is 18.8 Å².